The van der Waals surface area contributed by atoms with E-state index in [1.54, 1.807) is 25.1 Å². The van der Waals surface area contributed by atoms with Crippen LogP contribution in [0.3, 0.4) is 0 Å². The number of rotatable bonds is 5. The van der Waals surface area contributed by atoms with Crippen molar-refractivity contribution in [3.63, 3.8) is 0 Å². The van der Waals surface area contributed by atoms with Crippen LogP contribution in [-0.2, 0) is 6.61 Å². The van der Waals surface area contributed by atoms with E-state index in [9.17, 15) is 4.79 Å². The Morgan fingerprint density at radius 1 is 1.11 bits per heavy atom. The number of carbonyl (C=O) groups excluding carboxylic acids is 1. The van der Waals surface area contributed by atoms with Gasteiger partial charge in [-0.1, -0.05) is 46.1 Å². The molecule has 0 bridgehead atoms. The summed E-state index contributed by atoms with van der Waals surface area (Å²) in [5.41, 5.74) is 3.39. The van der Waals surface area contributed by atoms with Crippen LogP contribution >= 0.6 is 23.2 Å². The van der Waals surface area contributed by atoms with Crippen LogP contribution in [0.2, 0.25) is 10.0 Å². The summed E-state index contributed by atoms with van der Waals surface area (Å²) in [4.78, 5) is 12.6. The van der Waals surface area contributed by atoms with Gasteiger partial charge in [-0.15, -0.1) is 0 Å². The van der Waals surface area contributed by atoms with E-state index in [-0.39, 0.29) is 12.3 Å². The Balaban J connectivity index is 1.78. The zero-order chi connectivity index (χ0) is 19.6. The number of nitrogens with zero attached hydrogens (tertiary/aromatic N) is 1. The number of benzene rings is 2. The highest BCUT2D eigenvalue weighted by molar-refractivity contribution is 6.35. The molecular weight excluding hydrogens is 387 g/mol. The van der Waals surface area contributed by atoms with Crippen molar-refractivity contribution in [2.45, 2.75) is 27.4 Å². The molecule has 0 aliphatic carbocycles. The molecule has 0 unspecified atom stereocenters. The highest BCUT2D eigenvalue weighted by Gasteiger charge is 2.21. The number of hydrogen-bond donors (Lipinski definition) is 1. The summed E-state index contributed by atoms with van der Waals surface area (Å²) in [6.45, 7) is 5.89. The fourth-order valence-electron chi connectivity index (χ4n) is 2.67. The van der Waals surface area contributed by atoms with Crippen molar-refractivity contribution in [2.75, 3.05) is 5.32 Å². The van der Waals surface area contributed by atoms with Gasteiger partial charge in [0.15, 0.2) is 5.69 Å². The molecule has 2 aromatic carbocycles. The van der Waals surface area contributed by atoms with E-state index in [0.717, 1.165) is 16.9 Å². The van der Waals surface area contributed by atoms with Crippen molar-refractivity contribution >= 4 is 34.8 Å². The Labute approximate surface area is 167 Å². The minimum atomic E-state index is -0.426. The number of anilines is 1. The van der Waals surface area contributed by atoms with Gasteiger partial charge in [0.2, 0.25) is 0 Å². The molecule has 1 heterocycles. The smallest absolute Gasteiger partial charge is 0.278 e. The molecule has 0 aliphatic heterocycles. The third-order valence-corrected chi connectivity index (χ3v) is 4.46. The first-order chi connectivity index (χ1) is 12.8. The maximum Gasteiger partial charge on any atom is 0.278 e. The van der Waals surface area contributed by atoms with Gasteiger partial charge in [0, 0.05) is 15.7 Å². The standard InChI is InChI=1S/C20H18Cl2N2O3/c1-11-4-5-18(12(2)6-11)26-10-17-13(3)27-24-19(17)20(25)23-16-8-14(21)7-15(22)9-16/h4-9H,10H2,1-3H3,(H,23,25). The Hall–Kier alpha value is -2.50. The molecule has 3 rings (SSSR count). The van der Waals surface area contributed by atoms with Crippen molar-refractivity contribution in [3.05, 3.63) is 74.6 Å². The Bertz CT molecular complexity index is 979. The topological polar surface area (TPSA) is 64.4 Å². The first-order valence-electron chi connectivity index (χ1n) is 8.26. The van der Waals surface area contributed by atoms with Crippen LogP contribution in [0.1, 0.15) is 32.9 Å². The summed E-state index contributed by atoms with van der Waals surface area (Å²) in [5.74, 6) is 0.840. The van der Waals surface area contributed by atoms with Crippen LogP contribution in [0, 0.1) is 20.8 Å². The van der Waals surface area contributed by atoms with Crippen molar-refractivity contribution < 1.29 is 14.1 Å². The fraction of sp³-hybridized carbons (Fsp3) is 0.200. The molecule has 7 heteroatoms. The zero-order valence-corrected chi connectivity index (χ0v) is 16.6. The van der Waals surface area contributed by atoms with Crippen molar-refractivity contribution in [3.8, 4) is 5.75 Å². The van der Waals surface area contributed by atoms with Gasteiger partial charge in [0.1, 0.15) is 18.1 Å². The van der Waals surface area contributed by atoms with Gasteiger partial charge in [-0.25, -0.2) is 0 Å². The molecule has 27 heavy (non-hydrogen) atoms. The Morgan fingerprint density at radius 2 is 1.81 bits per heavy atom. The van der Waals surface area contributed by atoms with Crippen LogP contribution in [0.15, 0.2) is 40.9 Å². The molecule has 3 aromatic rings. The van der Waals surface area contributed by atoms with E-state index >= 15 is 0 Å². The number of ether oxygens (including phenoxy) is 1. The van der Waals surface area contributed by atoms with E-state index in [1.807, 2.05) is 32.0 Å². The van der Waals surface area contributed by atoms with Gasteiger partial charge in [0.25, 0.3) is 5.91 Å². The first kappa shape index (κ1) is 19.3. The summed E-state index contributed by atoms with van der Waals surface area (Å²) in [7, 11) is 0. The lowest BCUT2D eigenvalue weighted by molar-refractivity contribution is 0.101. The monoisotopic (exact) mass is 404 g/mol. The average Bonchev–Trinajstić information content (AvgIpc) is 2.94. The van der Waals surface area contributed by atoms with E-state index in [2.05, 4.69) is 10.5 Å². The van der Waals surface area contributed by atoms with Crippen molar-refractivity contribution in [1.29, 1.82) is 0 Å². The number of amides is 1. The second-order valence-corrected chi connectivity index (χ2v) is 7.11. The van der Waals surface area contributed by atoms with Crippen LogP contribution in [0.4, 0.5) is 5.69 Å². The summed E-state index contributed by atoms with van der Waals surface area (Å²) >= 11 is 11.9. The quantitative estimate of drug-likeness (QED) is 0.588. The van der Waals surface area contributed by atoms with E-state index in [0.29, 0.717) is 27.1 Å². The molecule has 1 N–H and O–H groups in total. The summed E-state index contributed by atoms with van der Waals surface area (Å²) in [6, 6.07) is 10.7. The van der Waals surface area contributed by atoms with Gasteiger partial charge < -0.3 is 14.6 Å². The predicted octanol–water partition coefficient (Wildman–Crippen LogP) is 5.74. The van der Waals surface area contributed by atoms with Gasteiger partial charge in [-0.3, -0.25) is 4.79 Å². The van der Waals surface area contributed by atoms with Gasteiger partial charge in [0.05, 0.1) is 5.56 Å². The lowest BCUT2D eigenvalue weighted by atomic mass is 10.1. The van der Waals surface area contributed by atoms with Crippen LogP contribution in [0.5, 0.6) is 5.75 Å². The maximum atomic E-state index is 12.6. The van der Waals surface area contributed by atoms with Crippen LogP contribution in [-0.4, -0.2) is 11.1 Å². The lowest BCUT2D eigenvalue weighted by Crippen LogP contribution is -2.15. The Kier molecular flexibility index (Phi) is 5.73. The molecule has 0 radical (unpaired) electrons. The maximum absolute atomic E-state index is 12.6. The molecule has 0 atom stereocenters. The summed E-state index contributed by atoms with van der Waals surface area (Å²) in [6.07, 6.45) is 0. The van der Waals surface area contributed by atoms with E-state index in [4.69, 9.17) is 32.5 Å². The number of hydrogen-bond acceptors (Lipinski definition) is 4. The molecule has 0 fully saturated rings. The SMILES string of the molecule is Cc1ccc(OCc2c(C(=O)Nc3cc(Cl)cc(Cl)c3)noc2C)c(C)c1. The summed E-state index contributed by atoms with van der Waals surface area (Å²) < 4.78 is 11.1. The molecule has 0 saturated carbocycles. The van der Waals surface area contributed by atoms with Gasteiger partial charge in [-0.2, -0.15) is 0 Å². The zero-order valence-electron chi connectivity index (χ0n) is 15.1. The average molecular weight is 405 g/mol. The molecule has 0 saturated heterocycles. The second-order valence-electron chi connectivity index (χ2n) is 6.24. The largest absolute Gasteiger partial charge is 0.488 e. The number of halogens is 2. The summed E-state index contributed by atoms with van der Waals surface area (Å²) in [5, 5.41) is 7.44. The van der Waals surface area contributed by atoms with E-state index in [1.165, 1.54) is 0 Å². The van der Waals surface area contributed by atoms with Gasteiger partial charge in [-0.05, 0) is 50.6 Å². The van der Waals surface area contributed by atoms with Gasteiger partial charge >= 0.3 is 0 Å². The van der Waals surface area contributed by atoms with E-state index < -0.39 is 5.91 Å². The molecule has 1 amide bonds. The molecular formula is C20H18Cl2N2O3. The molecule has 0 aliphatic rings. The first-order valence-corrected chi connectivity index (χ1v) is 9.01. The van der Waals surface area contributed by atoms with Crippen molar-refractivity contribution in [2.24, 2.45) is 0 Å². The molecule has 0 spiro atoms. The third kappa shape index (κ3) is 4.62. The predicted molar refractivity (Wildman–Crippen MR) is 106 cm³/mol. The number of nitrogens with one attached hydrogen (secondary N) is 1. The minimum Gasteiger partial charge on any atom is -0.488 e. The molecule has 1 aromatic heterocycles. The van der Waals surface area contributed by atoms with Crippen LogP contribution < -0.4 is 10.1 Å². The fourth-order valence-corrected chi connectivity index (χ4v) is 3.19. The highest BCUT2D eigenvalue weighted by atomic mass is 35.5. The minimum absolute atomic E-state index is 0.161. The normalized spacial score (nSPS) is 10.7. The number of carbonyl (C=O) groups is 1. The third-order valence-electron chi connectivity index (χ3n) is 4.02. The highest BCUT2D eigenvalue weighted by Crippen LogP contribution is 2.25. The lowest BCUT2D eigenvalue weighted by Gasteiger charge is -2.10. The van der Waals surface area contributed by atoms with Crippen molar-refractivity contribution in [1.82, 2.24) is 5.16 Å². The Morgan fingerprint density at radius 3 is 2.48 bits per heavy atom. The molecule has 5 nitrogen and oxygen atoms in total. The second kappa shape index (κ2) is 8.03. The van der Waals surface area contributed by atoms with Crippen LogP contribution in [0.25, 0.3) is 0 Å². The number of aromatic nitrogens is 1. The molecule has 140 valence electrons. The number of aryl methyl sites for hydroxylation is 3.